The van der Waals surface area contributed by atoms with Gasteiger partial charge in [-0.2, -0.15) is 11.8 Å². The average Bonchev–Trinajstić information content (AvgIpc) is 2.46. The van der Waals surface area contributed by atoms with E-state index in [1.807, 2.05) is 11.8 Å². The smallest absolute Gasteiger partial charge is 0.292 e. The van der Waals surface area contributed by atoms with Crippen molar-refractivity contribution in [2.24, 2.45) is 0 Å². The van der Waals surface area contributed by atoms with Crippen LogP contribution in [0.15, 0.2) is 22.7 Å². The summed E-state index contributed by atoms with van der Waals surface area (Å²) in [6.45, 7) is 0.783. The van der Waals surface area contributed by atoms with Gasteiger partial charge >= 0.3 is 0 Å². The molecule has 0 heterocycles. The molecule has 0 radical (unpaired) electrons. The van der Waals surface area contributed by atoms with E-state index in [4.69, 9.17) is 0 Å². The molecule has 1 aliphatic carbocycles. The van der Waals surface area contributed by atoms with Gasteiger partial charge in [0.05, 0.1) is 4.92 Å². The average molecular weight is 359 g/mol. The molecule has 0 unspecified atom stereocenters. The number of nitro benzene ring substituents is 1. The van der Waals surface area contributed by atoms with Crippen molar-refractivity contribution in [2.75, 3.05) is 18.1 Å². The monoisotopic (exact) mass is 358 g/mol. The molecule has 110 valence electrons. The molecule has 1 aromatic carbocycles. The lowest BCUT2D eigenvalue weighted by atomic mass is 9.88. The van der Waals surface area contributed by atoms with Crippen molar-refractivity contribution < 1.29 is 4.92 Å². The van der Waals surface area contributed by atoms with Gasteiger partial charge in [0, 0.05) is 21.8 Å². The fraction of sp³-hybridized carbons (Fsp3) is 0.571. The summed E-state index contributed by atoms with van der Waals surface area (Å²) in [6.07, 6.45) is 8.32. The highest BCUT2D eigenvalue weighted by atomic mass is 79.9. The van der Waals surface area contributed by atoms with Crippen molar-refractivity contribution in [2.45, 2.75) is 36.9 Å². The minimum Gasteiger partial charge on any atom is -0.378 e. The number of thioether (sulfide) groups is 1. The van der Waals surface area contributed by atoms with Gasteiger partial charge in [0.25, 0.3) is 5.69 Å². The summed E-state index contributed by atoms with van der Waals surface area (Å²) in [4.78, 5) is 10.7. The van der Waals surface area contributed by atoms with Crippen LogP contribution >= 0.6 is 27.7 Å². The van der Waals surface area contributed by atoms with Gasteiger partial charge in [-0.3, -0.25) is 10.1 Å². The van der Waals surface area contributed by atoms with Gasteiger partial charge in [-0.1, -0.05) is 35.2 Å². The number of nitrogens with one attached hydrogen (secondary N) is 1. The highest BCUT2D eigenvalue weighted by Crippen LogP contribution is 2.39. The van der Waals surface area contributed by atoms with E-state index in [9.17, 15) is 10.1 Å². The third-order valence-corrected chi connectivity index (χ3v) is 5.87. The molecule has 0 aliphatic heterocycles. The SMILES string of the molecule is CSC1(CNc2cc(Br)ccc2[N+](=O)[O-])CCCCC1. The lowest BCUT2D eigenvalue weighted by Crippen LogP contribution is -2.35. The van der Waals surface area contributed by atoms with E-state index in [0.717, 1.165) is 11.0 Å². The van der Waals surface area contributed by atoms with Gasteiger partial charge in [0.2, 0.25) is 0 Å². The summed E-state index contributed by atoms with van der Waals surface area (Å²) in [5.41, 5.74) is 0.739. The molecule has 1 aromatic rings. The van der Waals surface area contributed by atoms with Crippen molar-refractivity contribution in [1.82, 2.24) is 0 Å². The fourth-order valence-corrected chi connectivity index (χ4v) is 3.99. The Labute approximate surface area is 132 Å². The molecule has 4 nitrogen and oxygen atoms in total. The lowest BCUT2D eigenvalue weighted by Gasteiger charge is -2.36. The molecule has 0 bridgehead atoms. The van der Waals surface area contributed by atoms with Crippen LogP contribution in [-0.4, -0.2) is 22.5 Å². The number of nitro groups is 1. The van der Waals surface area contributed by atoms with Gasteiger partial charge in [-0.05, 0) is 31.2 Å². The van der Waals surface area contributed by atoms with E-state index in [-0.39, 0.29) is 15.4 Å². The first-order valence-electron chi connectivity index (χ1n) is 6.79. The zero-order chi connectivity index (χ0) is 14.6. The summed E-state index contributed by atoms with van der Waals surface area (Å²) >= 11 is 5.26. The number of rotatable bonds is 5. The topological polar surface area (TPSA) is 55.2 Å². The highest BCUT2D eigenvalue weighted by Gasteiger charge is 2.31. The molecule has 0 aromatic heterocycles. The summed E-state index contributed by atoms with van der Waals surface area (Å²) in [6, 6.07) is 5.03. The van der Waals surface area contributed by atoms with Crippen LogP contribution < -0.4 is 5.32 Å². The van der Waals surface area contributed by atoms with Crippen molar-refractivity contribution >= 4 is 39.1 Å². The van der Waals surface area contributed by atoms with E-state index in [2.05, 4.69) is 27.5 Å². The number of anilines is 1. The maximum absolute atomic E-state index is 11.1. The molecule has 0 amide bonds. The maximum Gasteiger partial charge on any atom is 0.292 e. The molecule has 1 saturated carbocycles. The summed E-state index contributed by atoms with van der Waals surface area (Å²) in [5.74, 6) is 0. The Hall–Kier alpha value is -0.750. The molecule has 6 heteroatoms. The molecule has 20 heavy (non-hydrogen) atoms. The number of halogens is 1. The third kappa shape index (κ3) is 3.67. The summed E-state index contributed by atoms with van der Waals surface area (Å²) < 4.78 is 1.07. The van der Waals surface area contributed by atoms with Crippen LogP contribution in [0.3, 0.4) is 0 Å². The van der Waals surface area contributed by atoms with Crippen molar-refractivity contribution in [3.63, 3.8) is 0 Å². The molecular weight excluding hydrogens is 340 g/mol. The second kappa shape index (κ2) is 6.80. The van der Waals surface area contributed by atoms with Crippen molar-refractivity contribution in [1.29, 1.82) is 0 Å². The lowest BCUT2D eigenvalue weighted by molar-refractivity contribution is -0.384. The highest BCUT2D eigenvalue weighted by molar-refractivity contribution is 9.10. The van der Waals surface area contributed by atoms with Crippen LogP contribution in [-0.2, 0) is 0 Å². The number of hydrogen-bond acceptors (Lipinski definition) is 4. The molecule has 1 aliphatic rings. The number of hydrogen-bond donors (Lipinski definition) is 1. The Morgan fingerprint density at radius 2 is 2.10 bits per heavy atom. The van der Waals surface area contributed by atoms with Gasteiger partial charge in [-0.25, -0.2) is 0 Å². The third-order valence-electron chi connectivity index (χ3n) is 3.95. The zero-order valence-electron chi connectivity index (χ0n) is 11.5. The van der Waals surface area contributed by atoms with Crippen molar-refractivity contribution in [3.05, 3.63) is 32.8 Å². The minimum atomic E-state index is -0.332. The second-order valence-electron chi connectivity index (χ2n) is 5.22. The molecule has 1 N–H and O–H groups in total. The summed E-state index contributed by atoms with van der Waals surface area (Å²) in [7, 11) is 0. The zero-order valence-corrected chi connectivity index (χ0v) is 13.9. The molecule has 2 rings (SSSR count). The molecule has 1 fully saturated rings. The molecular formula is C14H19BrN2O2S. The normalized spacial score (nSPS) is 17.7. The Morgan fingerprint density at radius 3 is 2.70 bits per heavy atom. The van der Waals surface area contributed by atoms with E-state index >= 15 is 0 Å². The van der Waals surface area contributed by atoms with Gasteiger partial charge < -0.3 is 5.32 Å². The van der Waals surface area contributed by atoms with Crippen LogP contribution in [0, 0.1) is 10.1 Å². The second-order valence-corrected chi connectivity index (χ2v) is 7.41. The number of benzene rings is 1. The van der Waals surface area contributed by atoms with E-state index < -0.39 is 0 Å². The van der Waals surface area contributed by atoms with Crippen molar-refractivity contribution in [3.8, 4) is 0 Å². The van der Waals surface area contributed by atoms with E-state index in [0.29, 0.717) is 5.69 Å². The molecule has 0 saturated heterocycles. The predicted octanol–water partition coefficient (Wildman–Crippen LogP) is 4.84. The first kappa shape index (κ1) is 15.6. The molecule has 0 atom stereocenters. The van der Waals surface area contributed by atoms with E-state index in [1.165, 1.54) is 32.1 Å². The van der Waals surface area contributed by atoms with Crippen LogP contribution in [0.4, 0.5) is 11.4 Å². The molecule has 0 spiro atoms. The van der Waals surface area contributed by atoms with E-state index in [1.54, 1.807) is 18.2 Å². The maximum atomic E-state index is 11.1. The summed E-state index contributed by atoms with van der Waals surface area (Å²) in [5, 5.41) is 14.4. The first-order chi connectivity index (χ1) is 9.56. The minimum absolute atomic E-state index is 0.139. The van der Waals surface area contributed by atoms with Crippen LogP contribution in [0.25, 0.3) is 0 Å². The quantitative estimate of drug-likeness (QED) is 0.604. The first-order valence-corrected chi connectivity index (χ1v) is 8.81. The predicted molar refractivity (Wildman–Crippen MR) is 88.6 cm³/mol. The Bertz CT molecular complexity index is 490. The van der Waals surface area contributed by atoms with Gasteiger partial charge in [0.1, 0.15) is 5.69 Å². The fourth-order valence-electron chi connectivity index (χ4n) is 2.71. The van der Waals surface area contributed by atoms with Crippen LogP contribution in [0.1, 0.15) is 32.1 Å². The Kier molecular flexibility index (Phi) is 5.32. The van der Waals surface area contributed by atoms with Gasteiger partial charge in [0.15, 0.2) is 0 Å². The van der Waals surface area contributed by atoms with Gasteiger partial charge in [-0.15, -0.1) is 0 Å². The van der Waals surface area contributed by atoms with Crippen LogP contribution in [0.2, 0.25) is 0 Å². The number of nitrogens with zero attached hydrogens (tertiary/aromatic N) is 1. The largest absolute Gasteiger partial charge is 0.378 e. The van der Waals surface area contributed by atoms with Crippen LogP contribution in [0.5, 0.6) is 0 Å². The Balaban J connectivity index is 2.13. The Morgan fingerprint density at radius 1 is 1.40 bits per heavy atom. The standard InChI is InChI=1S/C14H19BrN2O2S/c1-20-14(7-3-2-4-8-14)10-16-12-9-11(15)5-6-13(12)17(18)19/h5-6,9,16H,2-4,7-8,10H2,1H3.